The fourth-order valence-electron chi connectivity index (χ4n) is 5.80. The number of guanidine groups is 1. The van der Waals surface area contributed by atoms with Gasteiger partial charge in [-0.05, 0) is 31.1 Å². The van der Waals surface area contributed by atoms with Crippen LogP contribution in [0.1, 0.15) is 53.4 Å². The molecule has 0 saturated carbocycles. The van der Waals surface area contributed by atoms with Crippen LogP contribution in [0.5, 0.6) is 0 Å². The number of hydrogen-bond donors (Lipinski definition) is 6. The normalized spacial score (nSPS) is 22.4. The molecule has 0 spiro atoms. The largest absolute Gasteiger partial charge is 0.464 e. The number of aliphatic imine (C=N–C) groups is 1. The van der Waals surface area contributed by atoms with Gasteiger partial charge in [0.05, 0.1) is 12.6 Å². The summed E-state index contributed by atoms with van der Waals surface area (Å²) in [4.78, 5) is 86.5. The van der Waals surface area contributed by atoms with Crippen molar-refractivity contribution in [1.29, 1.82) is 0 Å². The SMILES string of the molecule is CC(C)C[C@H](C(=O)N[C@H](CCCN=C(N)N)C(=O)NC1CCOC1=O)N1CCN(C(=O)[C@@H](CS)N2C(=O)NC(C(C)C)C2=O)CC1. The molecule has 0 aliphatic carbocycles. The summed E-state index contributed by atoms with van der Waals surface area (Å²) in [6.45, 7) is 9.36. The molecule has 3 rings (SSSR count). The minimum Gasteiger partial charge on any atom is -0.464 e. The van der Waals surface area contributed by atoms with E-state index in [1.807, 2.05) is 32.6 Å². The van der Waals surface area contributed by atoms with E-state index >= 15 is 0 Å². The number of nitrogens with two attached hydrogens (primary N) is 2. The van der Waals surface area contributed by atoms with Gasteiger partial charge >= 0.3 is 12.0 Å². The smallest absolute Gasteiger partial charge is 0.328 e. The fraction of sp³-hybridized carbons (Fsp3) is 0.759. The highest BCUT2D eigenvalue weighted by Crippen LogP contribution is 2.21. The molecular formula is C29H49N9O7S. The molecule has 0 aromatic carbocycles. The Bertz CT molecular complexity index is 1170. The minimum atomic E-state index is -1.05. The van der Waals surface area contributed by atoms with E-state index in [4.69, 9.17) is 16.2 Å². The number of esters is 1. The Labute approximate surface area is 275 Å². The molecule has 3 aliphatic heterocycles. The highest BCUT2D eigenvalue weighted by atomic mass is 32.1. The molecule has 6 amide bonds. The Morgan fingerprint density at radius 3 is 2.24 bits per heavy atom. The van der Waals surface area contributed by atoms with Gasteiger partial charge in [-0.15, -0.1) is 0 Å². The van der Waals surface area contributed by atoms with Crippen molar-refractivity contribution in [2.45, 2.75) is 83.6 Å². The summed E-state index contributed by atoms with van der Waals surface area (Å²) in [5, 5.41) is 8.22. The predicted molar refractivity (Wildman–Crippen MR) is 172 cm³/mol. The molecule has 258 valence electrons. The van der Waals surface area contributed by atoms with E-state index in [2.05, 4.69) is 33.6 Å². The third kappa shape index (κ3) is 9.47. The maximum atomic E-state index is 13.8. The number of nitrogens with zero attached hydrogens (tertiary/aromatic N) is 4. The number of thiol groups is 1. The zero-order chi connectivity index (χ0) is 34.1. The predicted octanol–water partition coefficient (Wildman–Crippen LogP) is -1.61. The van der Waals surface area contributed by atoms with Crippen molar-refractivity contribution in [2.75, 3.05) is 45.1 Å². The molecule has 7 N–H and O–H groups in total. The van der Waals surface area contributed by atoms with E-state index in [1.54, 1.807) is 4.90 Å². The zero-order valence-corrected chi connectivity index (χ0v) is 28.0. The first-order chi connectivity index (χ1) is 21.7. The van der Waals surface area contributed by atoms with Gasteiger partial charge in [-0.2, -0.15) is 12.6 Å². The molecule has 5 atom stereocenters. The second-order valence-electron chi connectivity index (χ2n) is 12.6. The Hall–Kier alpha value is -3.60. The summed E-state index contributed by atoms with van der Waals surface area (Å²) in [5.41, 5.74) is 10.8. The van der Waals surface area contributed by atoms with Crippen LogP contribution in [0.4, 0.5) is 4.79 Å². The van der Waals surface area contributed by atoms with E-state index in [-0.39, 0.29) is 68.0 Å². The fourth-order valence-corrected chi connectivity index (χ4v) is 6.12. The number of ether oxygens (including phenoxy) is 1. The van der Waals surface area contributed by atoms with Crippen LogP contribution in [0.15, 0.2) is 4.99 Å². The van der Waals surface area contributed by atoms with Gasteiger partial charge < -0.3 is 37.1 Å². The number of hydrogen-bond acceptors (Lipinski definition) is 10. The first-order valence-electron chi connectivity index (χ1n) is 15.8. The van der Waals surface area contributed by atoms with Gasteiger partial charge in [0.1, 0.15) is 24.2 Å². The van der Waals surface area contributed by atoms with Crippen LogP contribution >= 0.6 is 12.6 Å². The lowest BCUT2D eigenvalue weighted by molar-refractivity contribution is -0.143. The molecule has 0 bridgehead atoms. The third-order valence-electron chi connectivity index (χ3n) is 8.33. The average Bonchev–Trinajstić information content (AvgIpc) is 3.54. The first-order valence-corrected chi connectivity index (χ1v) is 16.5. The maximum Gasteiger partial charge on any atom is 0.328 e. The summed E-state index contributed by atoms with van der Waals surface area (Å²) < 4.78 is 4.95. The van der Waals surface area contributed by atoms with Crippen LogP contribution in [0.2, 0.25) is 0 Å². The van der Waals surface area contributed by atoms with Crippen LogP contribution in [0.3, 0.4) is 0 Å². The molecule has 17 heteroatoms. The van der Waals surface area contributed by atoms with Crippen molar-refractivity contribution in [3.8, 4) is 0 Å². The second kappa shape index (κ2) is 16.8. The van der Waals surface area contributed by atoms with Crippen LogP contribution in [0.25, 0.3) is 0 Å². The molecule has 0 aromatic heterocycles. The number of imide groups is 1. The standard InChI is InChI=1S/C29H49N9O7S/c1-16(2)14-20(24(40)33-18(6-5-8-32-28(30)31)23(39)34-19-7-13-45-27(19)43)36-9-11-37(12-10-36)25(41)21(15-46)38-26(42)22(17(3)4)35-29(38)44/h16-22,46H,5-15H2,1-4H3,(H,33,40)(H,34,39)(H,35,44)(H4,30,31,32)/t18-,19?,20-,21-,22?/m1/s1. The number of carbonyl (C=O) groups excluding carboxylic acids is 6. The van der Waals surface area contributed by atoms with Gasteiger partial charge in [-0.1, -0.05) is 27.7 Å². The number of nitrogens with one attached hydrogen (secondary N) is 3. The number of piperazine rings is 1. The molecule has 3 aliphatic rings. The number of carbonyl (C=O) groups is 6. The summed E-state index contributed by atoms with van der Waals surface area (Å²) in [5.74, 6) is -2.28. The molecule has 2 unspecified atom stereocenters. The number of urea groups is 1. The van der Waals surface area contributed by atoms with Crippen LogP contribution in [-0.2, 0) is 28.7 Å². The molecule has 16 nitrogen and oxygen atoms in total. The first kappa shape index (κ1) is 36.9. The lowest BCUT2D eigenvalue weighted by Gasteiger charge is -2.41. The molecule has 3 heterocycles. The van der Waals surface area contributed by atoms with Gasteiger partial charge in [-0.3, -0.25) is 29.1 Å². The van der Waals surface area contributed by atoms with E-state index in [0.29, 0.717) is 32.4 Å². The Morgan fingerprint density at radius 1 is 1.04 bits per heavy atom. The van der Waals surface area contributed by atoms with Crippen LogP contribution < -0.4 is 27.4 Å². The monoisotopic (exact) mass is 667 g/mol. The van der Waals surface area contributed by atoms with Crippen LogP contribution in [0, 0.1) is 11.8 Å². The maximum absolute atomic E-state index is 13.8. The van der Waals surface area contributed by atoms with E-state index < -0.39 is 54.0 Å². The highest BCUT2D eigenvalue weighted by Gasteiger charge is 2.46. The number of rotatable bonds is 15. The Morgan fingerprint density at radius 2 is 1.72 bits per heavy atom. The molecule has 3 fully saturated rings. The van der Waals surface area contributed by atoms with Crippen molar-refractivity contribution in [3.63, 3.8) is 0 Å². The highest BCUT2D eigenvalue weighted by molar-refractivity contribution is 7.80. The molecule has 46 heavy (non-hydrogen) atoms. The number of amides is 6. The lowest BCUT2D eigenvalue weighted by Crippen LogP contribution is -2.61. The number of cyclic esters (lactones) is 1. The van der Waals surface area contributed by atoms with Gasteiger partial charge in [-0.25, -0.2) is 14.5 Å². The van der Waals surface area contributed by atoms with Crippen molar-refractivity contribution in [1.82, 2.24) is 30.7 Å². The summed E-state index contributed by atoms with van der Waals surface area (Å²) in [7, 11) is 0. The molecule has 0 aromatic rings. The summed E-state index contributed by atoms with van der Waals surface area (Å²) in [6, 6.07) is -4.66. The van der Waals surface area contributed by atoms with E-state index in [9.17, 15) is 28.8 Å². The molecule has 0 radical (unpaired) electrons. The topological polar surface area (TPSA) is 222 Å². The van der Waals surface area contributed by atoms with Gasteiger partial charge in [0.2, 0.25) is 17.7 Å². The quantitative estimate of drug-likeness (QED) is 0.0293. The van der Waals surface area contributed by atoms with Crippen LogP contribution in [-0.4, -0.2) is 132 Å². The lowest BCUT2D eigenvalue weighted by atomic mass is 9.99. The Balaban J connectivity index is 1.68. The third-order valence-corrected chi connectivity index (χ3v) is 8.68. The van der Waals surface area contributed by atoms with Gasteiger partial charge in [0.15, 0.2) is 5.96 Å². The van der Waals surface area contributed by atoms with Crippen molar-refractivity contribution in [3.05, 3.63) is 0 Å². The van der Waals surface area contributed by atoms with Crippen molar-refractivity contribution >= 4 is 54.2 Å². The molecule has 3 saturated heterocycles. The van der Waals surface area contributed by atoms with Crippen molar-refractivity contribution < 1.29 is 33.5 Å². The zero-order valence-electron chi connectivity index (χ0n) is 27.1. The summed E-state index contributed by atoms with van der Waals surface area (Å²) >= 11 is 4.29. The van der Waals surface area contributed by atoms with Crippen molar-refractivity contribution in [2.24, 2.45) is 28.3 Å². The summed E-state index contributed by atoms with van der Waals surface area (Å²) in [6.07, 6.45) is 1.48. The van der Waals surface area contributed by atoms with E-state index in [0.717, 1.165) is 4.90 Å². The molecular weight excluding hydrogens is 618 g/mol. The average molecular weight is 668 g/mol. The van der Waals surface area contributed by atoms with Gasteiger partial charge in [0, 0.05) is 44.9 Å². The minimum absolute atomic E-state index is 0.0212. The van der Waals surface area contributed by atoms with Gasteiger partial charge in [0.25, 0.3) is 5.91 Å². The second-order valence-corrected chi connectivity index (χ2v) is 13.0. The Kier molecular flexibility index (Phi) is 13.5. The van der Waals surface area contributed by atoms with E-state index in [1.165, 1.54) is 0 Å².